The molecule has 0 radical (unpaired) electrons. The van der Waals surface area contributed by atoms with Gasteiger partial charge in [-0.25, -0.2) is 4.98 Å². The number of Topliss-reactive ketones (excluding diaryl/α,β-unsaturated/α-hetero) is 1. The van der Waals surface area contributed by atoms with Crippen LogP contribution in [0.2, 0.25) is 0 Å². The number of thioether (sulfide) groups is 1. The van der Waals surface area contributed by atoms with E-state index in [0.717, 1.165) is 35.6 Å². The third-order valence-electron chi connectivity index (χ3n) is 2.76. The molecule has 0 saturated heterocycles. The van der Waals surface area contributed by atoms with Crippen LogP contribution in [0, 0.1) is 0 Å². The fourth-order valence-corrected chi connectivity index (χ4v) is 2.70. The molecule has 1 aromatic carbocycles. The van der Waals surface area contributed by atoms with Gasteiger partial charge in [-0.1, -0.05) is 37.2 Å². The summed E-state index contributed by atoms with van der Waals surface area (Å²) in [5.74, 6) is 0.684. The summed E-state index contributed by atoms with van der Waals surface area (Å²) in [5, 5.41) is 0.958. The largest absolute Gasteiger partial charge is 0.319 e. The summed E-state index contributed by atoms with van der Waals surface area (Å²) in [5.41, 5.74) is 2.18. The maximum atomic E-state index is 11.1. The first-order chi connectivity index (χ1) is 8.72. The minimum absolute atomic E-state index is 0. The molecule has 0 bridgehead atoms. The highest BCUT2D eigenvalue weighted by Gasteiger charge is 2.10. The van der Waals surface area contributed by atoms with Crippen LogP contribution in [-0.4, -0.2) is 21.1 Å². The molecule has 2 rings (SSSR count). The first kappa shape index (κ1) is 16.1. The van der Waals surface area contributed by atoms with Crippen molar-refractivity contribution in [3.05, 3.63) is 24.3 Å². The Balaban J connectivity index is 0.00000180. The average Bonchev–Trinajstić information content (AvgIpc) is 2.71. The average molecular weight is 299 g/mol. The number of halogens is 1. The van der Waals surface area contributed by atoms with Gasteiger partial charge in [-0.15, -0.1) is 12.4 Å². The number of benzene rings is 1. The van der Waals surface area contributed by atoms with Gasteiger partial charge in [-0.3, -0.25) is 4.79 Å². The van der Waals surface area contributed by atoms with Crippen LogP contribution in [0.3, 0.4) is 0 Å². The first-order valence-corrected chi connectivity index (χ1v) is 7.28. The Bertz CT molecular complexity index is 553. The topological polar surface area (TPSA) is 34.9 Å². The molecule has 5 heteroatoms. The normalized spacial score (nSPS) is 10.4. The van der Waals surface area contributed by atoms with Gasteiger partial charge in [0, 0.05) is 6.54 Å². The van der Waals surface area contributed by atoms with Crippen molar-refractivity contribution in [3.8, 4) is 0 Å². The third-order valence-corrected chi connectivity index (χ3v) is 3.88. The van der Waals surface area contributed by atoms with E-state index < -0.39 is 0 Å². The third kappa shape index (κ3) is 3.98. The second-order valence-electron chi connectivity index (χ2n) is 4.38. The Morgan fingerprint density at radius 1 is 1.37 bits per heavy atom. The maximum Gasteiger partial charge on any atom is 0.169 e. The molecule has 0 N–H and O–H groups in total. The van der Waals surface area contributed by atoms with Gasteiger partial charge in [-0.05, 0) is 25.5 Å². The van der Waals surface area contributed by atoms with Crippen LogP contribution in [0.25, 0.3) is 11.0 Å². The van der Waals surface area contributed by atoms with E-state index in [4.69, 9.17) is 0 Å². The number of carbonyl (C=O) groups is 1. The summed E-state index contributed by atoms with van der Waals surface area (Å²) in [6.45, 7) is 4.77. The van der Waals surface area contributed by atoms with Crippen molar-refractivity contribution < 1.29 is 4.79 Å². The zero-order valence-corrected chi connectivity index (χ0v) is 12.9. The highest BCUT2D eigenvalue weighted by molar-refractivity contribution is 7.99. The summed E-state index contributed by atoms with van der Waals surface area (Å²) >= 11 is 1.53. The maximum absolute atomic E-state index is 11.1. The van der Waals surface area contributed by atoms with Crippen LogP contribution in [0.15, 0.2) is 29.4 Å². The number of fused-ring (bicyclic) bond motifs is 1. The Kier molecular flexibility index (Phi) is 6.38. The number of unbranched alkanes of at least 4 members (excludes halogenated alkanes) is 1. The molecule has 0 aliphatic rings. The van der Waals surface area contributed by atoms with Gasteiger partial charge in [0.2, 0.25) is 0 Å². The fraction of sp³-hybridized carbons (Fsp3) is 0.429. The SMILES string of the molecule is CCCCn1c(SCC(C)=O)nc2ccccc21.Cl. The van der Waals surface area contributed by atoms with E-state index in [1.165, 1.54) is 11.8 Å². The lowest BCUT2D eigenvalue weighted by atomic mass is 10.3. The molecule has 0 unspecified atom stereocenters. The van der Waals surface area contributed by atoms with E-state index in [1.54, 1.807) is 6.92 Å². The highest BCUT2D eigenvalue weighted by Crippen LogP contribution is 2.24. The lowest BCUT2D eigenvalue weighted by Crippen LogP contribution is -2.02. The number of hydrogen-bond donors (Lipinski definition) is 0. The van der Waals surface area contributed by atoms with Crippen LogP contribution in [-0.2, 0) is 11.3 Å². The zero-order valence-electron chi connectivity index (χ0n) is 11.3. The van der Waals surface area contributed by atoms with Crippen LogP contribution >= 0.6 is 24.2 Å². The molecule has 0 atom stereocenters. The van der Waals surface area contributed by atoms with E-state index in [2.05, 4.69) is 22.5 Å². The summed E-state index contributed by atoms with van der Waals surface area (Å²) in [6.07, 6.45) is 2.29. The van der Waals surface area contributed by atoms with E-state index in [9.17, 15) is 4.79 Å². The van der Waals surface area contributed by atoms with Gasteiger partial charge in [0.15, 0.2) is 5.16 Å². The Morgan fingerprint density at radius 2 is 2.11 bits per heavy atom. The van der Waals surface area contributed by atoms with Crippen molar-refractivity contribution in [2.45, 2.75) is 38.4 Å². The van der Waals surface area contributed by atoms with Crippen molar-refractivity contribution in [3.63, 3.8) is 0 Å². The second kappa shape index (κ2) is 7.56. The quantitative estimate of drug-likeness (QED) is 0.758. The van der Waals surface area contributed by atoms with Gasteiger partial charge < -0.3 is 4.57 Å². The molecule has 0 aliphatic heterocycles. The van der Waals surface area contributed by atoms with Gasteiger partial charge in [0.1, 0.15) is 5.78 Å². The molecule has 0 spiro atoms. The van der Waals surface area contributed by atoms with E-state index in [-0.39, 0.29) is 18.2 Å². The summed E-state index contributed by atoms with van der Waals surface area (Å²) < 4.78 is 2.23. The number of carbonyl (C=O) groups excluding carboxylic acids is 1. The van der Waals surface area contributed by atoms with Crippen molar-refractivity contribution in [2.75, 3.05) is 5.75 Å². The van der Waals surface area contributed by atoms with E-state index in [1.807, 2.05) is 18.2 Å². The van der Waals surface area contributed by atoms with Crippen molar-refractivity contribution >= 4 is 41.0 Å². The zero-order chi connectivity index (χ0) is 13.0. The molecule has 1 heterocycles. The summed E-state index contributed by atoms with van der Waals surface area (Å²) in [7, 11) is 0. The van der Waals surface area contributed by atoms with Crippen LogP contribution < -0.4 is 0 Å². The molecule has 3 nitrogen and oxygen atoms in total. The van der Waals surface area contributed by atoms with Gasteiger partial charge in [0.05, 0.1) is 16.8 Å². The number of ketones is 1. The molecular formula is C14H19ClN2OS. The number of para-hydroxylation sites is 2. The molecule has 0 saturated carbocycles. The molecule has 0 amide bonds. The first-order valence-electron chi connectivity index (χ1n) is 6.30. The molecule has 0 fully saturated rings. The number of aryl methyl sites for hydroxylation is 1. The van der Waals surface area contributed by atoms with Gasteiger partial charge >= 0.3 is 0 Å². The molecule has 2 aromatic rings. The van der Waals surface area contributed by atoms with Crippen LogP contribution in [0.5, 0.6) is 0 Å². The predicted molar refractivity (Wildman–Crippen MR) is 83.3 cm³/mol. The second-order valence-corrected chi connectivity index (χ2v) is 5.32. The Hall–Kier alpha value is -1.00. The van der Waals surface area contributed by atoms with Gasteiger partial charge in [0.25, 0.3) is 0 Å². The monoisotopic (exact) mass is 298 g/mol. The van der Waals surface area contributed by atoms with Crippen molar-refractivity contribution in [1.82, 2.24) is 9.55 Å². The molecule has 19 heavy (non-hydrogen) atoms. The van der Waals surface area contributed by atoms with E-state index in [0.29, 0.717) is 5.75 Å². The predicted octanol–water partition coefficient (Wildman–Crippen LogP) is 3.94. The number of nitrogens with zero attached hydrogens (tertiary/aromatic N) is 2. The molecule has 0 aliphatic carbocycles. The minimum atomic E-state index is 0. The minimum Gasteiger partial charge on any atom is -0.319 e. The lowest BCUT2D eigenvalue weighted by Gasteiger charge is -2.07. The number of rotatable bonds is 6. The standard InChI is InChI=1S/C14H18N2OS.ClH/c1-3-4-9-16-13-8-6-5-7-12(13)15-14(16)18-10-11(2)17;/h5-8H,3-4,9-10H2,1-2H3;1H. The lowest BCUT2D eigenvalue weighted by molar-refractivity contribution is -0.114. The van der Waals surface area contributed by atoms with Crippen LogP contribution in [0.4, 0.5) is 0 Å². The molecule has 1 aromatic heterocycles. The fourth-order valence-electron chi connectivity index (χ4n) is 1.86. The van der Waals surface area contributed by atoms with Crippen LogP contribution in [0.1, 0.15) is 26.7 Å². The highest BCUT2D eigenvalue weighted by atomic mass is 35.5. The smallest absolute Gasteiger partial charge is 0.169 e. The summed E-state index contributed by atoms with van der Waals surface area (Å²) in [6, 6.07) is 8.15. The Labute approximate surface area is 124 Å². The summed E-state index contributed by atoms with van der Waals surface area (Å²) in [4.78, 5) is 15.7. The van der Waals surface area contributed by atoms with Crippen molar-refractivity contribution in [1.29, 1.82) is 0 Å². The number of aromatic nitrogens is 2. The Morgan fingerprint density at radius 3 is 2.79 bits per heavy atom. The number of hydrogen-bond acceptors (Lipinski definition) is 3. The molecule has 104 valence electrons. The van der Waals surface area contributed by atoms with Gasteiger partial charge in [-0.2, -0.15) is 0 Å². The van der Waals surface area contributed by atoms with Crippen molar-refractivity contribution in [2.24, 2.45) is 0 Å². The molecular weight excluding hydrogens is 280 g/mol. The van der Waals surface area contributed by atoms with E-state index >= 15 is 0 Å². The number of imidazole rings is 1.